The van der Waals surface area contributed by atoms with Gasteiger partial charge in [0.25, 0.3) is 0 Å². The van der Waals surface area contributed by atoms with E-state index in [1.807, 2.05) is 0 Å². The summed E-state index contributed by atoms with van der Waals surface area (Å²) in [6.07, 6.45) is 0.0581. The molecule has 1 atom stereocenters. The Labute approximate surface area is 78.5 Å². The molecule has 0 unspecified atom stereocenters. The number of aliphatic carboxylic acids is 1. The monoisotopic (exact) mass is 183 g/mol. The Hall–Kier alpha value is -1.55. The lowest BCUT2D eigenvalue weighted by molar-refractivity contribution is -0.138. The van der Waals surface area contributed by atoms with Gasteiger partial charge in [0.15, 0.2) is 0 Å². The Kier molecular flexibility index (Phi) is 2.08. The van der Waals surface area contributed by atoms with E-state index in [0.717, 1.165) is 0 Å². The van der Waals surface area contributed by atoms with E-state index >= 15 is 0 Å². The maximum Gasteiger partial charge on any atom is 0.320 e. The molecule has 4 N–H and O–H groups in total. The molecule has 0 fully saturated rings. The Bertz CT molecular complexity index is 340. The second-order valence-electron chi connectivity index (χ2n) is 2.72. The zero-order chi connectivity index (χ0) is 11.4. The number of phenolic OH excluding ortho intramolecular Hbond substituents is 1. The molecular weight excluding hydrogens is 170 g/mol. The van der Waals surface area contributed by atoms with Crippen molar-refractivity contribution in [2.45, 2.75) is 12.5 Å². The Morgan fingerprint density at radius 2 is 2.15 bits per heavy atom. The molecule has 0 amide bonds. The predicted octanol–water partition coefficient (Wildman–Crippen LogP) is 0.347. The molecule has 0 saturated heterocycles. The van der Waals surface area contributed by atoms with Crippen molar-refractivity contribution >= 4 is 5.97 Å². The minimum atomic E-state index is -1.21. The van der Waals surface area contributed by atoms with Crippen molar-refractivity contribution in [2.24, 2.45) is 5.72 Å². The van der Waals surface area contributed by atoms with Gasteiger partial charge < -0.3 is 15.9 Å². The number of carboxylic acids is 1. The minimum absolute atomic E-state index is 0.0581. The van der Waals surface area contributed by atoms with Gasteiger partial charge in [-0.2, -0.15) is 0 Å². The summed E-state index contributed by atoms with van der Waals surface area (Å²) in [6, 6.07) is 4.80. The predicted molar refractivity (Wildman–Crippen MR) is 47.4 cm³/mol. The van der Waals surface area contributed by atoms with Crippen LogP contribution in [0.5, 0.6) is 5.75 Å². The zero-order valence-electron chi connectivity index (χ0n) is 8.84. The average molecular weight is 183 g/mol. The molecule has 70 valence electrons. The van der Waals surface area contributed by atoms with Crippen LogP contribution in [-0.2, 0) is 11.2 Å². The Balaban J connectivity index is 2.74. The molecule has 1 aromatic carbocycles. The van der Waals surface area contributed by atoms with Crippen molar-refractivity contribution in [1.82, 2.24) is 0 Å². The summed E-state index contributed by atoms with van der Waals surface area (Å²) in [6.45, 7) is 0. The first kappa shape index (κ1) is 6.91. The van der Waals surface area contributed by atoms with Gasteiger partial charge in [-0.1, -0.05) is 12.1 Å². The quantitative estimate of drug-likeness (QED) is 0.628. The fraction of sp³-hybridized carbons (Fsp3) is 0.222. The smallest absolute Gasteiger partial charge is 0.320 e. The van der Waals surface area contributed by atoms with Gasteiger partial charge in [0.2, 0.25) is 0 Å². The van der Waals surface area contributed by atoms with Crippen LogP contribution in [0.15, 0.2) is 24.3 Å². The first-order chi connectivity index (χ1) is 7.00. The van der Waals surface area contributed by atoms with Crippen LogP contribution in [0, 0.1) is 0 Å². The molecule has 1 rings (SSSR count). The maximum atomic E-state index is 10.7. The molecule has 13 heavy (non-hydrogen) atoms. The van der Waals surface area contributed by atoms with Crippen molar-refractivity contribution < 1.29 is 17.8 Å². The third kappa shape index (κ3) is 2.76. The van der Waals surface area contributed by atoms with E-state index in [1.165, 1.54) is 12.1 Å². The summed E-state index contributed by atoms with van der Waals surface area (Å²) in [5.41, 5.74) is 0.819. The highest BCUT2D eigenvalue weighted by molar-refractivity contribution is 5.73. The first-order valence-electron chi connectivity index (χ1n) is 4.68. The number of benzene rings is 1. The van der Waals surface area contributed by atoms with Gasteiger partial charge >= 0.3 is 5.97 Å². The van der Waals surface area contributed by atoms with Crippen LogP contribution < -0.4 is 5.72 Å². The molecule has 4 nitrogen and oxygen atoms in total. The highest BCUT2D eigenvalue weighted by Crippen LogP contribution is 2.10. The molecule has 0 aliphatic rings. The SMILES string of the molecule is [2H]N([2H])[C@@H](Cc1ccc(O)cc1)C(=O)O. The van der Waals surface area contributed by atoms with Crippen molar-refractivity contribution in [3.63, 3.8) is 0 Å². The third-order valence-corrected chi connectivity index (χ3v) is 1.65. The largest absolute Gasteiger partial charge is 0.508 e. The first-order valence-corrected chi connectivity index (χ1v) is 3.78. The molecule has 0 saturated carbocycles. The van der Waals surface area contributed by atoms with Crippen LogP contribution >= 0.6 is 0 Å². The van der Waals surface area contributed by atoms with Gasteiger partial charge in [-0.25, -0.2) is 0 Å². The van der Waals surface area contributed by atoms with Crippen molar-refractivity contribution in [2.75, 3.05) is 0 Å². The second-order valence-corrected chi connectivity index (χ2v) is 2.72. The summed E-state index contributed by atoms with van der Waals surface area (Å²) >= 11 is 0. The number of hydrogen-bond donors (Lipinski definition) is 3. The van der Waals surface area contributed by atoms with Crippen molar-refractivity contribution in [1.29, 1.82) is 0 Å². The summed E-state index contributed by atoms with van der Waals surface area (Å²) in [4.78, 5) is 10.7. The molecule has 0 aliphatic carbocycles. The van der Waals surface area contributed by atoms with E-state index in [0.29, 0.717) is 5.56 Å². The van der Waals surface area contributed by atoms with Crippen LogP contribution in [0.25, 0.3) is 0 Å². The zero-order valence-corrected chi connectivity index (χ0v) is 6.84. The minimum Gasteiger partial charge on any atom is -0.508 e. The maximum absolute atomic E-state index is 10.7. The number of rotatable bonds is 4. The number of phenols is 1. The van der Waals surface area contributed by atoms with Crippen molar-refractivity contribution in [3.8, 4) is 5.75 Å². The second kappa shape index (κ2) is 3.91. The molecular formula is C9H11NO3. The van der Waals surface area contributed by atoms with E-state index < -0.39 is 12.0 Å². The molecule has 0 radical (unpaired) electrons. The van der Waals surface area contributed by atoms with E-state index in [4.69, 9.17) is 13.0 Å². The van der Waals surface area contributed by atoms with Crippen LogP contribution in [0.1, 0.15) is 5.56 Å². The number of hydrogen-bond acceptors (Lipinski definition) is 3. The van der Waals surface area contributed by atoms with E-state index in [2.05, 4.69) is 0 Å². The number of aromatic hydroxyl groups is 1. The van der Waals surface area contributed by atoms with E-state index in [9.17, 15) is 4.79 Å². The lowest BCUT2D eigenvalue weighted by Gasteiger charge is -2.05. The summed E-state index contributed by atoms with van der Waals surface area (Å²) in [7, 11) is 0. The van der Waals surface area contributed by atoms with E-state index in [-0.39, 0.29) is 17.9 Å². The van der Waals surface area contributed by atoms with Crippen molar-refractivity contribution in [3.05, 3.63) is 29.8 Å². The molecule has 1 aromatic rings. The highest BCUT2D eigenvalue weighted by Gasteiger charge is 2.11. The van der Waals surface area contributed by atoms with Crippen LogP contribution in [0.3, 0.4) is 0 Å². The van der Waals surface area contributed by atoms with Crippen LogP contribution in [-0.4, -0.2) is 22.2 Å². The standard InChI is InChI=1S/C9H11NO3/c10-8(9(12)13)5-6-1-3-7(11)4-2-6/h1-4,8,11H,5,10H2,(H,12,13)/t8-/m0/s1/i/hD2. The lowest BCUT2D eigenvalue weighted by atomic mass is 10.1. The number of carboxylic acid groups (broad SMARTS) is 1. The van der Waals surface area contributed by atoms with Gasteiger partial charge in [0.05, 0.1) is 0 Å². The number of nitrogens with two attached hydrogens (primary N) is 1. The third-order valence-electron chi connectivity index (χ3n) is 1.65. The normalized spacial score (nSPS) is 14.8. The fourth-order valence-corrected chi connectivity index (χ4v) is 0.943. The lowest BCUT2D eigenvalue weighted by Crippen LogP contribution is -2.32. The topological polar surface area (TPSA) is 83.5 Å². The average Bonchev–Trinajstić information content (AvgIpc) is 2.15. The van der Waals surface area contributed by atoms with Gasteiger partial charge in [-0.3, -0.25) is 4.79 Å². The van der Waals surface area contributed by atoms with Gasteiger partial charge in [-0.15, -0.1) is 0 Å². The molecule has 0 bridgehead atoms. The molecule has 0 aliphatic heterocycles. The van der Waals surface area contributed by atoms with Crippen LogP contribution in [0.4, 0.5) is 0 Å². The number of carbonyl (C=O) groups is 1. The summed E-state index contributed by atoms with van der Waals surface area (Å²) < 4.78 is 13.9. The van der Waals surface area contributed by atoms with Crippen LogP contribution in [0.2, 0.25) is 2.82 Å². The molecule has 0 spiro atoms. The molecule has 0 heterocycles. The van der Waals surface area contributed by atoms with Gasteiger partial charge in [0, 0.05) is 0 Å². The highest BCUT2D eigenvalue weighted by atomic mass is 16.4. The molecule has 0 aromatic heterocycles. The summed E-state index contributed by atoms with van der Waals surface area (Å²) in [5.74, 6) is -1.12. The van der Waals surface area contributed by atoms with Gasteiger partial charge in [0.1, 0.15) is 14.6 Å². The fourth-order valence-electron chi connectivity index (χ4n) is 0.943. The Morgan fingerprint density at radius 3 is 2.62 bits per heavy atom. The van der Waals surface area contributed by atoms with E-state index in [1.54, 1.807) is 12.1 Å². The Morgan fingerprint density at radius 1 is 1.54 bits per heavy atom. The molecule has 4 heteroatoms. The summed E-state index contributed by atoms with van der Waals surface area (Å²) in [5, 5.41) is 17.7. The van der Waals surface area contributed by atoms with Gasteiger partial charge in [-0.05, 0) is 24.1 Å².